The molecule has 1 amide bonds. The quantitative estimate of drug-likeness (QED) is 0.710. The van der Waals surface area contributed by atoms with E-state index in [0.717, 1.165) is 30.1 Å². The average Bonchev–Trinajstić information content (AvgIpc) is 2.81. The molecular formula is C11H18BrNO. The van der Waals surface area contributed by atoms with Gasteiger partial charge in [-0.15, -0.1) is 0 Å². The Morgan fingerprint density at radius 3 is 2.57 bits per heavy atom. The number of carbonyl (C=O) groups is 1. The lowest BCUT2D eigenvalue weighted by Crippen LogP contribution is -2.33. The molecule has 2 aliphatic carbocycles. The first-order valence-electron chi connectivity index (χ1n) is 5.53. The van der Waals surface area contributed by atoms with Crippen LogP contribution >= 0.6 is 15.9 Å². The molecule has 0 N–H and O–H groups in total. The Labute approximate surface area is 94.2 Å². The largest absolute Gasteiger partial charge is 0.345 e. The van der Waals surface area contributed by atoms with E-state index in [0.29, 0.717) is 11.8 Å². The predicted octanol–water partition coefficient (Wildman–Crippen LogP) is 2.28. The standard InChI is InChI=1S/C11H18BrNO/c1-13(4-2-3-12)11(14)10-6-8-5-9(8)7-10/h8-10H,2-7H2,1H3. The number of hydrogen-bond acceptors (Lipinski definition) is 1. The van der Waals surface area contributed by atoms with Gasteiger partial charge < -0.3 is 4.90 Å². The van der Waals surface area contributed by atoms with E-state index in [4.69, 9.17) is 0 Å². The van der Waals surface area contributed by atoms with Crippen molar-refractivity contribution in [3.63, 3.8) is 0 Å². The average molecular weight is 260 g/mol. The summed E-state index contributed by atoms with van der Waals surface area (Å²) in [5.41, 5.74) is 0. The molecule has 0 aromatic carbocycles. The van der Waals surface area contributed by atoms with Crippen molar-refractivity contribution in [2.45, 2.75) is 25.7 Å². The number of amides is 1. The van der Waals surface area contributed by atoms with Crippen molar-refractivity contribution in [2.24, 2.45) is 17.8 Å². The maximum atomic E-state index is 11.9. The van der Waals surface area contributed by atoms with Crippen molar-refractivity contribution in [1.29, 1.82) is 0 Å². The molecule has 80 valence electrons. The van der Waals surface area contributed by atoms with Crippen LogP contribution in [0.25, 0.3) is 0 Å². The van der Waals surface area contributed by atoms with Crippen molar-refractivity contribution in [2.75, 3.05) is 18.9 Å². The highest BCUT2D eigenvalue weighted by Crippen LogP contribution is 2.54. The SMILES string of the molecule is CN(CCCBr)C(=O)C1CC2CC2C1. The van der Waals surface area contributed by atoms with E-state index in [1.807, 2.05) is 11.9 Å². The Kier molecular flexibility index (Phi) is 3.15. The number of hydrogen-bond donors (Lipinski definition) is 0. The van der Waals surface area contributed by atoms with Crippen molar-refractivity contribution in [1.82, 2.24) is 4.90 Å². The molecule has 2 unspecified atom stereocenters. The van der Waals surface area contributed by atoms with Crippen molar-refractivity contribution in [3.05, 3.63) is 0 Å². The molecular weight excluding hydrogens is 242 g/mol. The summed E-state index contributed by atoms with van der Waals surface area (Å²) >= 11 is 3.39. The molecule has 2 saturated carbocycles. The highest BCUT2D eigenvalue weighted by atomic mass is 79.9. The van der Waals surface area contributed by atoms with Crippen LogP contribution in [-0.4, -0.2) is 29.7 Å². The molecule has 0 aromatic heterocycles. The van der Waals surface area contributed by atoms with Crippen molar-refractivity contribution >= 4 is 21.8 Å². The van der Waals surface area contributed by atoms with E-state index in [9.17, 15) is 4.79 Å². The van der Waals surface area contributed by atoms with Gasteiger partial charge in [0, 0.05) is 24.8 Å². The smallest absolute Gasteiger partial charge is 0.225 e. The van der Waals surface area contributed by atoms with Crippen LogP contribution in [0.2, 0.25) is 0 Å². The summed E-state index contributed by atoms with van der Waals surface area (Å²) in [4.78, 5) is 13.8. The van der Waals surface area contributed by atoms with Gasteiger partial charge in [0.05, 0.1) is 0 Å². The molecule has 2 fully saturated rings. The lowest BCUT2D eigenvalue weighted by Gasteiger charge is -2.21. The molecule has 0 saturated heterocycles. The van der Waals surface area contributed by atoms with Crippen LogP contribution in [0.3, 0.4) is 0 Å². The lowest BCUT2D eigenvalue weighted by molar-refractivity contribution is -0.134. The highest BCUT2D eigenvalue weighted by Gasteiger charge is 2.48. The molecule has 2 atom stereocenters. The van der Waals surface area contributed by atoms with Gasteiger partial charge in [-0.2, -0.15) is 0 Å². The summed E-state index contributed by atoms with van der Waals surface area (Å²) in [6, 6.07) is 0. The Morgan fingerprint density at radius 2 is 2.00 bits per heavy atom. The second-order valence-electron chi connectivity index (χ2n) is 4.73. The topological polar surface area (TPSA) is 20.3 Å². The highest BCUT2D eigenvalue weighted by molar-refractivity contribution is 9.09. The van der Waals surface area contributed by atoms with Crippen LogP contribution in [0.5, 0.6) is 0 Å². The minimum atomic E-state index is 0.360. The Hall–Kier alpha value is -0.0500. The van der Waals surface area contributed by atoms with Gasteiger partial charge in [0.2, 0.25) is 5.91 Å². The van der Waals surface area contributed by atoms with Crippen molar-refractivity contribution < 1.29 is 4.79 Å². The zero-order valence-corrected chi connectivity index (χ0v) is 10.3. The van der Waals surface area contributed by atoms with Crippen LogP contribution in [0.1, 0.15) is 25.7 Å². The first kappa shape index (κ1) is 10.5. The van der Waals surface area contributed by atoms with Crippen molar-refractivity contribution in [3.8, 4) is 0 Å². The summed E-state index contributed by atoms with van der Waals surface area (Å²) in [6.07, 6.45) is 4.79. The van der Waals surface area contributed by atoms with Gasteiger partial charge in [-0.25, -0.2) is 0 Å². The fourth-order valence-electron chi connectivity index (χ4n) is 2.64. The first-order valence-corrected chi connectivity index (χ1v) is 6.65. The molecule has 0 aliphatic heterocycles. The van der Waals surface area contributed by atoms with Crippen LogP contribution in [0.15, 0.2) is 0 Å². The molecule has 0 spiro atoms. The van der Waals surface area contributed by atoms with Gasteiger partial charge in [0.1, 0.15) is 0 Å². The van der Waals surface area contributed by atoms with Crippen LogP contribution in [0, 0.1) is 17.8 Å². The van der Waals surface area contributed by atoms with Crippen LogP contribution in [0.4, 0.5) is 0 Å². The Bertz CT molecular complexity index is 221. The molecule has 14 heavy (non-hydrogen) atoms. The van der Waals surface area contributed by atoms with Crippen LogP contribution in [-0.2, 0) is 4.79 Å². The fraction of sp³-hybridized carbons (Fsp3) is 0.909. The predicted molar refractivity (Wildman–Crippen MR) is 60.4 cm³/mol. The third-order valence-electron chi connectivity index (χ3n) is 3.60. The molecule has 0 radical (unpaired) electrons. The molecule has 0 bridgehead atoms. The zero-order valence-electron chi connectivity index (χ0n) is 8.71. The molecule has 2 rings (SSSR count). The van der Waals surface area contributed by atoms with E-state index in [2.05, 4.69) is 15.9 Å². The molecule has 2 aliphatic rings. The first-order chi connectivity index (χ1) is 6.72. The van der Waals surface area contributed by atoms with E-state index < -0.39 is 0 Å². The summed E-state index contributed by atoms with van der Waals surface area (Å²) < 4.78 is 0. The van der Waals surface area contributed by atoms with Crippen LogP contribution < -0.4 is 0 Å². The minimum absolute atomic E-state index is 0.360. The number of alkyl halides is 1. The molecule has 2 nitrogen and oxygen atoms in total. The maximum Gasteiger partial charge on any atom is 0.225 e. The van der Waals surface area contributed by atoms with Gasteiger partial charge in [0.25, 0.3) is 0 Å². The van der Waals surface area contributed by atoms with Gasteiger partial charge in [-0.1, -0.05) is 15.9 Å². The number of carbonyl (C=O) groups excluding carboxylic acids is 1. The van der Waals surface area contributed by atoms with Gasteiger partial charge >= 0.3 is 0 Å². The minimum Gasteiger partial charge on any atom is -0.345 e. The van der Waals surface area contributed by atoms with Gasteiger partial charge in [-0.05, 0) is 37.5 Å². The van der Waals surface area contributed by atoms with E-state index in [1.165, 1.54) is 19.3 Å². The summed E-state index contributed by atoms with van der Waals surface area (Å²) in [6.45, 7) is 0.899. The van der Waals surface area contributed by atoms with E-state index >= 15 is 0 Å². The fourth-order valence-corrected chi connectivity index (χ4v) is 2.89. The normalized spacial score (nSPS) is 34.0. The third kappa shape index (κ3) is 2.13. The number of nitrogens with zero attached hydrogens (tertiary/aromatic N) is 1. The zero-order chi connectivity index (χ0) is 10.1. The lowest BCUT2D eigenvalue weighted by atomic mass is 10.0. The third-order valence-corrected chi connectivity index (χ3v) is 4.16. The summed E-state index contributed by atoms with van der Waals surface area (Å²) in [5, 5.41) is 0.987. The number of rotatable bonds is 4. The summed E-state index contributed by atoms with van der Waals surface area (Å²) in [7, 11) is 1.94. The molecule has 0 heterocycles. The Balaban J connectivity index is 1.76. The second-order valence-corrected chi connectivity index (χ2v) is 5.52. The number of halogens is 1. The van der Waals surface area contributed by atoms with E-state index in [1.54, 1.807) is 0 Å². The van der Waals surface area contributed by atoms with Gasteiger partial charge in [0.15, 0.2) is 0 Å². The number of fused-ring (bicyclic) bond motifs is 1. The van der Waals surface area contributed by atoms with Gasteiger partial charge in [-0.3, -0.25) is 4.79 Å². The Morgan fingerprint density at radius 1 is 1.36 bits per heavy atom. The maximum absolute atomic E-state index is 11.9. The monoisotopic (exact) mass is 259 g/mol. The second kappa shape index (κ2) is 4.21. The molecule has 3 heteroatoms. The van der Waals surface area contributed by atoms with E-state index in [-0.39, 0.29) is 0 Å². The summed E-state index contributed by atoms with van der Waals surface area (Å²) in [5.74, 6) is 2.57. The molecule has 0 aromatic rings.